The van der Waals surface area contributed by atoms with Gasteiger partial charge in [-0.3, -0.25) is 4.98 Å². The van der Waals surface area contributed by atoms with Gasteiger partial charge in [0.05, 0.1) is 20.8 Å². The van der Waals surface area contributed by atoms with Crippen molar-refractivity contribution in [3.05, 3.63) is 53.9 Å². The summed E-state index contributed by atoms with van der Waals surface area (Å²) in [6, 6.07) is 8.90. The number of hydrogen-bond acceptors (Lipinski definition) is 5. The van der Waals surface area contributed by atoms with Crippen molar-refractivity contribution in [2.45, 2.75) is 12.8 Å². The Bertz CT molecular complexity index is 613. The van der Waals surface area contributed by atoms with E-state index in [0.29, 0.717) is 23.7 Å². The van der Waals surface area contributed by atoms with E-state index in [-0.39, 0.29) is 0 Å². The van der Waals surface area contributed by atoms with E-state index in [4.69, 9.17) is 14.2 Å². The van der Waals surface area contributed by atoms with Crippen molar-refractivity contribution in [3.63, 3.8) is 0 Å². The molecule has 0 atom stereocenters. The molecule has 0 saturated carbocycles. The highest BCUT2D eigenvalue weighted by atomic mass is 16.5. The van der Waals surface area contributed by atoms with E-state index in [9.17, 15) is 4.79 Å². The van der Waals surface area contributed by atoms with Crippen LogP contribution in [0.3, 0.4) is 0 Å². The topological polar surface area (TPSA) is 57.7 Å². The average Bonchev–Trinajstić information content (AvgIpc) is 2.58. The molecule has 5 heteroatoms. The molecule has 116 valence electrons. The quantitative estimate of drug-likeness (QED) is 0.581. The standard InChI is InChI=1S/C17H19NO4/c1-20-14-7-8-15(16(11-14)21-2)17(19)22-10-4-6-13-5-3-9-18-12-13/h3,5,7-9,11-12H,4,6,10H2,1-2H3. The summed E-state index contributed by atoms with van der Waals surface area (Å²) < 4.78 is 15.6. The number of carbonyl (C=O) groups is 1. The number of methoxy groups -OCH3 is 2. The van der Waals surface area contributed by atoms with Gasteiger partial charge in [-0.2, -0.15) is 0 Å². The summed E-state index contributed by atoms with van der Waals surface area (Å²) in [7, 11) is 3.07. The van der Waals surface area contributed by atoms with E-state index in [1.807, 2.05) is 18.3 Å². The van der Waals surface area contributed by atoms with Crippen molar-refractivity contribution in [2.75, 3.05) is 20.8 Å². The molecule has 1 heterocycles. The highest BCUT2D eigenvalue weighted by Gasteiger charge is 2.14. The van der Waals surface area contributed by atoms with Crippen LogP contribution in [-0.4, -0.2) is 31.8 Å². The summed E-state index contributed by atoms with van der Waals surface area (Å²) in [4.78, 5) is 16.1. The summed E-state index contributed by atoms with van der Waals surface area (Å²) in [6.45, 7) is 0.350. The van der Waals surface area contributed by atoms with E-state index in [2.05, 4.69) is 4.98 Å². The van der Waals surface area contributed by atoms with Crippen molar-refractivity contribution in [1.82, 2.24) is 4.98 Å². The molecule has 22 heavy (non-hydrogen) atoms. The monoisotopic (exact) mass is 301 g/mol. The predicted molar refractivity (Wildman–Crippen MR) is 82.4 cm³/mol. The fraction of sp³-hybridized carbons (Fsp3) is 0.294. The van der Waals surface area contributed by atoms with Crippen LogP contribution in [0, 0.1) is 0 Å². The van der Waals surface area contributed by atoms with E-state index in [0.717, 1.165) is 18.4 Å². The molecule has 0 aliphatic rings. The molecule has 1 aromatic heterocycles. The molecule has 0 saturated heterocycles. The minimum atomic E-state index is -0.398. The molecule has 0 radical (unpaired) electrons. The maximum atomic E-state index is 12.1. The van der Waals surface area contributed by atoms with Crippen LogP contribution in [0.15, 0.2) is 42.7 Å². The molecule has 1 aromatic carbocycles. The maximum Gasteiger partial charge on any atom is 0.341 e. The molecule has 5 nitrogen and oxygen atoms in total. The SMILES string of the molecule is COc1ccc(C(=O)OCCCc2cccnc2)c(OC)c1. The van der Waals surface area contributed by atoms with Crippen LogP contribution in [0.5, 0.6) is 11.5 Å². The molecule has 0 unspecified atom stereocenters. The summed E-state index contributed by atoms with van der Waals surface area (Å²) in [5, 5.41) is 0. The third-order valence-corrected chi connectivity index (χ3v) is 3.19. The summed E-state index contributed by atoms with van der Waals surface area (Å²) in [5.41, 5.74) is 1.52. The van der Waals surface area contributed by atoms with Gasteiger partial charge in [0.25, 0.3) is 0 Å². The van der Waals surface area contributed by atoms with Crippen molar-refractivity contribution < 1.29 is 19.0 Å². The first-order chi connectivity index (χ1) is 10.7. The molecule has 0 N–H and O–H groups in total. The minimum absolute atomic E-state index is 0.350. The van der Waals surface area contributed by atoms with Crippen LogP contribution in [0.2, 0.25) is 0 Å². The molecule has 2 aromatic rings. The van der Waals surface area contributed by atoms with Gasteiger partial charge in [-0.15, -0.1) is 0 Å². The highest BCUT2D eigenvalue weighted by Crippen LogP contribution is 2.25. The lowest BCUT2D eigenvalue weighted by Crippen LogP contribution is -2.09. The van der Waals surface area contributed by atoms with Crippen LogP contribution in [0.1, 0.15) is 22.3 Å². The van der Waals surface area contributed by atoms with Gasteiger partial charge in [-0.25, -0.2) is 4.79 Å². The Morgan fingerprint density at radius 3 is 2.73 bits per heavy atom. The molecular weight excluding hydrogens is 282 g/mol. The zero-order valence-corrected chi connectivity index (χ0v) is 12.7. The number of aryl methyl sites for hydroxylation is 1. The van der Waals surface area contributed by atoms with Gasteiger partial charge in [0.1, 0.15) is 17.1 Å². The van der Waals surface area contributed by atoms with Gasteiger partial charge >= 0.3 is 5.97 Å². The Kier molecular flexibility index (Phi) is 5.77. The normalized spacial score (nSPS) is 10.1. The number of aromatic nitrogens is 1. The third kappa shape index (κ3) is 4.22. The molecule has 2 rings (SSSR count). The van der Waals surface area contributed by atoms with Gasteiger partial charge in [-0.1, -0.05) is 6.07 Å². The second kappa shape index (κ2) is 8.02. The van der Waals surface area contributed by atoms with Gasteiger partial charge in [0.15, 0.2) is 0 Å². The molecule has 0 bridgehead atoms. The molecule has 0 aliphatic carbocycles. The molecule has 0 aliphatic heterocycles. The zero-order chi connectivity index (χ0) is 15.8. The third-order valence-electron chi connectivity index (χ3n) is 3.19. The Morgan fingerprint density at radius 2 is 2.05 bits per heavy atom. The van der Waals surface area contributed by atoms with E-state index in [1.165, 1.54) is 7.11 Å². The van der Waals surface area contributed by atoms with Gasteiger partial charge in [0, 0.05) is 18.5 Å². The van der Waals surface area contributed by atoms with Crippen molar-refractivity contribution in [1.29, 1.82) is 0 Å². The minimum Gasteiger partial charge on any atom is -0.497 e. The Morgan fingerprint density at radius 1 is 1.18 bits per heavy atom. The number of benzene rings is 1. The van der Waals surface area contributed by atoms with E-state index in [1.54, 1.807) is 31.5 Å². The number of pyridine rings is 1. The fourth-order valence-electron chi connectivity index (χ4n) is 2.03. The van der Waals surface area contributed by atoms with Crippen LogP contribution < -0.4 is 9.47 Å². The van der Waals surface area contributed by atoms with Crippen LogP contribution in [0.25, 0.3) is 0 Å². The second-order valence-electron chi connectivity index (χ2n) is 4.67. The largest absolute Gasteiger partial charge is 0.497 e. The van der Waals surface area contributed by atoms with Gasteiger partial charge in [-0.05, 0) is 36.6 Å². The first kappa shape index (κ1) is 15.8. The highest BCUT2D eigenvalue weighted by molar-refractivity contribution is 5.92. The van der Waals surface area contributed by atoms with E-state index >= 15 is 0 Å². The lowest BCUT2D eigenvalue weighted by Gasteiger charge is -2.10. The first-order valence-corrected chi connectivity index (χ1v) is 7.02. The van der Waals surface area contributed by atoms with Crippen molar-refractivity contribution in [2.24, 2.45) is 0 Å². The number of rotatable bonds is 7. The summed E-state index contributed by atoms with van der Waals surface area (Å²) in [6.07, 6.45) is 5.12. The van der Waals surface area contributed by atoms with Crippen LogP contribution in [-0.2, 0) is 11.2 Å². The number of carbonyl (C=O) groups excluding carboxylic acids is 1. The Labute approximate surface area is 129 Å². The van der Waals surface area contributed by atoms with Crippen LogP contribution in [0.4, 0.5) is 0 Å². The molecule has 0 fully saturated rings. The van der Waals surface area contributed by atoms with Gasteiger partial charge in [0.2, 0.25) is 0 Å². The number of hydrogen-bond donors (Lipinski definition) is 0. The first-order valence-electron chi connectivity index (χ1n) is 7.02. The lowest BCUT2D eigenvalue weighted by molar-refractivity contribution is 0.0497. The summed E-state index contributed by atoms with van der Waals surface area (Å²) >= 11 is 0. The molecule has 0 spiro atoms. The number of esters is 1. The molecular formula is C17H19NO4. The number of nitrogens with zero attached hydrogens (tertiary/aromatic N) is 1. The predicted octanol–water partition coefficient (Wildman–Crippen LogP) is 2.89. The molecule has 0 amide bonds. The smallest absolute Gasteiger partial charge is 0.341 e. The van der Waals surface area contributed by atoms with Crippen molar-refractivity contribution in [3.8, 4) is 11.5 Å². The van der Waals surface area contributed by atoms with E-state index < -0.39 is 5.97 Å². The second-order valence-corrected chi connectivity index (χ2v) is 4.67. The Balaban J connectivity index is 1.87. The average molecular weight is 301 g/mol. The lowest BCUT2D eigenvalue weighted by atomic mass is 10.1. The maximum absolute atomic E-state index is 12.1. The summed E-state index contributed by atoms with van der Waals surface area (Å²) in [5.74, 6) is 0.673. The van der Waals surface area contributed by atoms with Crippen LogP contribution >= 0.6 is 0 Å². The fourth-order valence-corrected chi connectivity index (χ4v) is 2.03. The number of ether oxygens (including phenoxy) is 3. The zero-order valence-electron chi connectivity index (χ0n) is 12.7. The van der Waals surface area contributed by atoms with Gasteiger partial charge < -0.3 is 14.2 Å². The van der Waals surface area contributed by atoms with Crippen molar-refractivity contribution >= 4 is 5.97 Å². The Hall–Kier alpha value is -2.56.